The molecule has 1 aromatic heterocycles. The second-order valence-corrected chi connectivity index (χ2v) is 3.98. The summed E-state index contributed by atoms with van der Waals surface area (Å²) in [6, 6.07) is 5.24. The molecule has 2 heterocycles. The highest BCUT2D eigenvalue weighted by atomic mass is 16.5. The molecule has 0 saturated carbocycles. The van der Waals surface area contributed by atoms with Crippen LogP contribution in [-0.2, 0) is 4.79 Å². The first kappa shape index (κ1) is 11.1. The number of ether oxygens (including phenoxy) is 1. The van der Waals surface area contributed by atoms with E-state index in [-0.39, 0.29) is 18.3 Å². The van der Waals surface area contributed by atoms with Gasteiger partial charge < -0.3 is 15.8 Å². The average molecular weight is 255 g/mol. The fourth-order valence-electron chi connectivity index (χ4n) is 1.92. The molecule has 7 heteroatoms. The number of carbonyl (C=O) groups excluding carboxylic acids is 1. The molecule has 7 nitrogen and oxygen atoms in total. The van der Waals surface area contributed by atoms with Crippen LogP contribution in [0, 0.1) is 11.3 Å². The van der Waals surface area contributed by atoms with Gasteiger partial charge in [-0.25, -0.2) is 4.98 Å². The minimum absolute atomic E-state index is 0.0275. The molecule has 2 aromatic rings. The maximum absolute atomic E-state index is 11.3. The summed E-state index contributed by atoms with van der Waals surface area (Å²) >= 11 is 0. The molecule has 1 aromatic carbocycles. The minimum atomic E-state index is -0.227. The molecule has 0 bridgehead atoms. The Morgan fingerprint density at radius 2 is 2.37 bits per heavy atom. The van der Waals surface area contributed by atoms with Gasteiger partial charge >= 0.3 is 0 Å². The summed E-state index contributed by atoms with van der Waals surface area (Å²) in [6.07, 6.45) is 3.13. The molecule has 0 unspecified atom stereocenters. The zero-order chi connectivity index (χ0) is 13.4. The highest BCUT2D eigenvalue weighted by Gasteiger charge is 2.19. The number of amides is 1. The molecule has 0 radical (unpaired) electrons. The lowest BCUT2D eigenvalue weighted by Gasteiger charge is -2.20. The van der Waals surface area contributed by atoms with Crippen molar-refractivity contribution in [1.29, 1.82) is 5.26 Å². The molecule has 0 aliphatic carbocycles. The van der Waals surface area contributed by atoms with Gasteiger partial charge in [-0.3, -0.25) is 9.36 Å². The lowest BCUT2D eigenvalue weighted by atomic mass is 10.2. The summed E-state index contributed by atoms with van der Waals surface area (Å²) in [5, 5.41) is 11.7. The van der Waals surface area contributed by atoms with Crippen molar-refractivity contribution in [3.63, 3.8) is 0 Å². The van der Waals surface area contributed by atoms with Crippen LogP contribution in [-0.4, -0.2) is 22.1 Å². The molecule has 0 fully saturated rings. The minimum Gasteiger partial charge on any atom is -0.482 e. The van der Waals surface area contributed by atoms with Crippen LogP contribution in [0.3, 0.4) is 0 Å². The Morgan fingerprint density at radius 1 is 1.53 bits per heavy atom. The Hall–Kier alpha value is -3.01. The van der Waals surface area contributed by atoms with Crippen molar-refractivity contribution < 1.29 is 9.53 Å². The molecular formula is C12H9N5O2. The van der Waals surface area contributed by atoms with Crippen molar-refractivity contribution in [2.24, 2.45) is 0 Å². The van der Waals surface area contributed by atoms with E-state index in [1.54, 1.807) is 22.9 Å². The molecule has 1 amide bonds. The number of carbonyl (C=O) groups is 1. The van der Waals surface area contributed by atoms with Gasteiger partial charge in [-0.2, -0.15) is 5.26 Å². The van der Waals surface area contributed by atoms with Gasteiger partial charge in [0, 0.05) is 18.5 Å². The van der Waals surface area contributed by atoms with E-state index in [1.807, 2.05) is 6.07 Å². The van der Waals surface area contributed by atoms with Gasteiger partial charge in [0.05, 0.1) is 17.1 Å². The molecular weight excluding hydrogens is 246 g/mol. The smallest absolute Gasteiger partial charge is 0.262 e. The predicted molar refractivity (Wildman–Crippen MR) is 66.8 cm³/mol. The number of nitriles is 1. The lowest BCUT2D eigenvalue weighted by molar-refractivity contribution is -0.118. The highest BCUT2D eigenvalue weighted by molar-refractivity contribution is 5.96. The van der Waals surface area contributed by atoms with Crippen molar-refractivity contribution >= 4 is 17.3 Å². The molecule has 0 saturated heterocycles. The van der Waals surface area contributed by atoms with E-state index in [9.17, 15) is 4.79 Å². The van der Waals surface area contributed by atoms with Gasteiger partial charge in [0.15, 0.2) is 6.61 Å². The number of nitrogens with zero attached hydrogens (tertiary/aromatic N) is 3. The number of aromatic nitrogens is 2. The van der Waals surface area contributed by atoms with Crippen LogP contribution in [0.2, 0.25) is 0 Å². The molecule has 0 atom stereocenters. The number of nitrogens with one attached hydrogen (secondary N) is 1. The van der Waals surface area contributed by atoms with Crippen LogP contribution in [0.5, 0.6) is 5.75 Å². The monoisotopic (exact) mass is 255 g/mol. The standard InChI is InChI=1S/C12H9N5O2/c13-5-11-15-1-2-17(11)9-4-8-10(3-7(9)14)19-6-12(18)16-8/h1-4H,6,14H2,(H,16,18). The Labute approximate surface area is 108 Å². The van der Waals surface area contributed by atoms with Crippen LogP contribution >= 0.6 is 0 Å². The Kier molecular flexibility index (Phi) is 2.35. The molecule has 1 aliphatic rings. The number of rotatable bonds is 1. The second kappa shape index (κ2) is 4.03. The number of fused-ring (bicyclic) bond motifs is 1. The van der Waals surface area contributed by atoms with E-state index >= 15 is 0 Å². The Morgan fingerprint density at radius 3 is 3.16 bits per heavy atom. The van der Waals surface area contributed by atoms with Gasteiger partial charge in [-0.05, 0) is 6.07 Å². The van der Waals surface area contributed by atoms with Gasteiger partial charge in [-0.1, -0.05) is 0 Å². The van der Waals surface area contributed by atoms with Crippen LogP contribution in [0.4, 0.5) is 11.4 Å². The van der Waals surface area contributed by atoms with E-state index in [2.05, 4.69) is 10.3 Å². The van der Waals surface area contributed by atoms with Gasteiger partial charge in [0.2, 0.25) is 5.82 Å². The summed E-state index contributed by atoms with van der Waals surface area (Å²) in [5.41, 5.74) is 7.47. The summed E-state index contributed by atoms with van der Waals surface area (Å²) < 4.78 is 6.82. The largest absolute Gasteiger partial charge is 0.482 e. The number of anilines is 2. The third kappa shape index (κ3) is 1.75. The summed E-state index contributed by atoms with van der Waals surface area (Å²) in [4.78, 5) is 15.2. The van der Waals surface area contributed by atoms with Crippen LogP contribution < -0.4 is 15.8 Å². The quantitative estimate of drug-likeness (QED) is 0.728. The lowest BCUT2D eigenvalue weighted by Crippen LogP contribution is -2.25. The fraction of sp³-hybridized carbons (Fsp3) is 0.0833. The third-order valence-corrected chi connectivity index (χ3v) is 2.76. The van der Waals surface area contributed by atoms with Gasteiger partial charge in [0.25, 0.3) is 5.91 Å². The zero-order valence-corrected chi connectivity index (χ0v) is 9.75. The number of benzene rings is 1. The molecule has 3 N–H and O–H groups in total. The maximum Gasteiger partial charge on any atom is 0.262 e. The van der Waals surface area contributed by atoms with E-state index in [0.717, 1.165) is 0 Å². The van der Waals surface area contributed by atoms with E-state index < -0.39 is 0 Å². The first-order valence-corrected chi connectivity index (χ1v) is 5.49. The maximum atomic E-state index is 11.3. The first-order chi connectivity index (χ1) is 9.19. The molecule has 94 valence electrons. The molecule has 19 heavy (non-hydrogen) atoms. The Bertz CT molecular complexity index is 713. The SMILES string of the molecule is N#Cc1nccn1-c1cc2c(cc1N)OCC(=O)N2. The molecule has 3 rings (SSSR count). The molecule has 0 spiro atoms. The van der Waals surface area contributed by atoms with E-state index in [1.165, 1.54) is 6.20 Å². The van der Waals surface area contributed by atoms with Crippen molar-refractivity contribution in [1.82, 2.24) is 9.55 Å². The topological polar surface area (TPSA) is 106 Å². The number of imidazole rings is 1. The first-order valence-electron chi connectivity index (χ1n) is 5.49. The van der Waals surface area contributed by atoms with Crippen molar-refractivity contribution in [3.8, 4) is 17.5 Å². The van der Waals surface area contributed by atoms with Crippen LogP contribution in [0.1, 0.15) is 5.82 Å². The van der Waals surface area contributed by atoms with Crippen molar-refractivity contribution in [3.05, 3.63) is 30.4 Å². The van der Waals surface area contributed by atoms with E-state index in [4.69, 9.17) is 15.7 Å². The highest BCUT2D eigenvalue weighted by Crippen LogP contribution is 2.34. The summed E-state index contributed by atoms with van der Waals surface area (Å²) in [7, 11) is 0. The fourth-order valence-corrected chi connectivity index (χ4v) is 1.92. The third-order valence-electron chi connectivity index (χ3n) is 2.76. The zero-order valence-electron chi connectivity index (χ0n) is 9.75. The number of hydrogen-bond donors (Lipinski definition) is 2. The normalized spacial score (nSPS) is 13.1. The summed E-state index contributed by atoms with van der Waals surface area (Å²) in [6.45, 7) is -0.0275. The Balaban J connectivity index is 2.16. The van der Waals surface area contributed by atoms with E-state index in [0.29, 0.717) is 22.8 Å². The number of nitrogen functional groups attached to an aromatic ring is 1. The molecule has 1 aliphatic heterocycles. The van der Waals surface area contributed by atoms with Gasteiger partial charge in [0.1, 0.15) is 11.8 Å². The van der Waals surface area contributed by atoms with Crippen molar-refractivity contribution in [2.75, 3.05) is 17.7 Å². The van der Waals surface area contributed by atoms with Crippen LogP contribution in [0.15, 0.2) is 24.5 Å². The van der Waals surface area contributed by atoms with Crippen LogP contribution in [0.25, 0.3) is 5.69 Å². The predicted octanol–water partition coefficient (Wildman–Crippen LogP) is 0.657. The van der Waals surface area contributed by atoms with Gasteiger partial charge in [-0.15, -0.1) is 0 Å². The van der Waals surface area contributed by atoms with Crippen molar-refractivity contribution in [2.45, 2.75) is 0 Å². The average Bonchev–Trinajstić information content (AvgIpc) is 2.86. The summed E-state index contributed by atoms with van der Waals surface area (Å²) in [5.74, 6) is 0.503. The number of nitrogens with two attached hydrogens (primary N) is 1. The number of hydrogen-bond acceptors (Lipinski definition) is 5. The second-order valence-electron chi connectivity index (χ2n) is 3.98.